The van der Waals surface area contributed by atoms with Gasteiger partial charge in [0.05, 0.1) is 11.0 Å². The van der Waals surface area contributed by atoms with E-state index in [4.69, 9.17) is 23.1 Å². The fourth-order valence-corrected chi connectivity index (χ4v) is 1.65. The first-order chi connectivity index (χ1) is 6.72. The largest absolute Gasteiger partial charge is 0.369 e. The fraction of sp³-hybridized carbons (Fsp3) is 0.222. The Hall–Kier alpha value is -1.26. The molecule has 0 radical (unpaired) electrons. The maximum atomic E-state index is 5.84. The molecule has 74 valence electrons. The number of imidazole rings is 1. The summed E-state index contributed by atoms with van der Waals surface area (Å²) in [6.45, 7) is 1.21. The number of hydrogen-bond acceptors (Lipinski definition) is 3. The first kappa shape index (κ1) is 9.30. The normalized spacial score (nSPS) is 11.0. The van der Waals surface area contributed by atoms with E-state index in [1.165, 1.54) is 0 Å². The summed E-state index contributed by atoms with van der Waals surface area (Å²) < 4.78 is 1.88. The van der Waals surface area contributed by atoms with E-state index in [9.17, 15) is 0 Å². The maximum absolute atomic E-state index is 5.84. The number of hydrogen-bond donors (Lipinski definition) is 2. The van der Waals surface area contributed by atoms with Crippen LogP contribution in [0.1, 0.15) is 0 Å². The summed E-state index contributed by atoms with van der Waals surface area (Å²) in [7, 11) is 0. The smallest absolute Gasteiger partial charge is 0.201 e. The van der Waals surface area contributed by atoms with Gasteiger partial charge in [-0.15, -0.1) is 0 Å². The number of halogens is 1. The van der Waals surface area contributed by atoms with Crippen LogP contribution < -0.4 is 11.5 Å². The molecule has 0 unspecified atom stereocenters. The Kier molecular flexibility index (Phi) is 2.31. The van der Waals surface area contributed by atoms with Gasteiger partial charge >= 0.3 is 0 Å². The molecule has 0 saturated carbocycles. The highest BCUT2D eigenvalue weighted by Crippen LogP contribution is 2.21. The third-order valence-electron chi connectivity index (χ3n) is 2.09. The van der Waals surface area contributed by atoms with E-state index in [2.05, 4.69) is 4.98 Å². The second kappa shape index (κ2) is 3.48. The molecule has 0 atom stereocenters. The zero-order chi connectivity index (χ0) is 10.1. The van der Waals surface area contributed by atoms with Gasteiger partial charge in [0.2, 0.25) is 5.95 Å². The molecular formula is C9H11ClN4. The molecular weight excluding hydrogens is 200 g/mol. The molecule has 0 fully saturated rings. The minimum atomic E-state index is 0.479. The zero-order valence-corrected chi connectivity index (χ0v) is 8.33. The molecule has 1 aromatic heterocycles. The lowest BCUT2D eigenvalue weighted by atomic mass is 10.3. The Balaban J connectivity index is 2.64. The lowest BCUT2D eigenvalue weighted by Gasteiger charge is -2.02. The number of nitrogens with two attached hydrogens (primary N) is 2. The molecule has 0 saturated heterocycles. The quantitative estimate of drug-likeness (QED) is 0.784. The molecule has 0 amide bonds. The van der Waals surface area contributed by atoms with E-state index in [0.717, 1.165) is 11.0 Å². The lowest BCUT2D eigenvalue weighted by molar-refractivity contribution is 0.738. The van der Waals surface area contributed by atoms with Crippen molar-refractivity contribution in [3.63, 3.8) is 0 Å². The second-order valence-electron chi connectivity index (χ2n) is 3.04. The van der Waals surface area contributed by atoms with Crippen molar-refractivity contribution < 1.29 is 0 Å². The fourth-order valence-electron chi connectivity index (χ4n) is 1.49. The number of fused-ring (bicyclic) bond motifs is 1. The number of benzene rings is 1. The molecule has 4 N–H and O–H groups in total. The van der Waals surface area contributed by atoms with Gasteiger partial charge in [-0.25, -0.2) is 4.98 Å². The predicted molar refractivity (Wildman–Crippen MR) is 58.2 cm³/mol. The van der Waals surface area contributed by atoms with Gasteiger partial charge in [0.1, 0.15) is 0 Å². The molecule has 0 aliphatic rings. The first-order valence-corrected chi connectivity index (χ1v) is 4.71. The van der Waals surface area contributed by atoms with Crippen molar-refractivity contribution in [2.75, 3.05) is 12.3 Å². The summed E-state index contributed by atoms with van der Waals surface area (Å²) in [6, 6.07) is 5.51. The number of nitrogen functional groups attached to an aromatic ring is 1. The second-order valence-corrected chi connectivity index (χ2v) is 3.48. The van der Waals surface area contributed by atoms with Gasteiger partial charge in [-0.2, -0.15) is 0 Å². The van der Waals surface area contributed by atoms with Crippen LogP contribution in [0.3, 0.4) is 0 Å². The Labute approximate surface area is 86.5 Å². The summed E-state index contributed by atoms with van der Waals surface area (Å²) in [5.41, 5.74) is 13.0. The summed E-state index contributed by atoms with van der Waals surface area (Å²) in [5, 5.41) is 0.662. The van der Waals surface area contributed by atoms with E-state index in [1.54, 1.807) is 6.07 Å². The number of anilines is 1. The van der Waals surface area contributed by atoms with Crippen LogP contribution in [0.15, 0.2) is 18.2 Å². The van der Waals surface area contributed by atoms with Crippen LogP contribution in [0.5, 0.6) is 0 Å². The molecule has 0 bridgehead atoms. The zero-order valence-electron chi connectivity index (χ0n) is 7.57. The van der Waals surface area contributed by atoms with E-state index in [0.29, 0.717) is 24.1 Å². The average Bonchev–Trinajstić information content (AvgIpc) is 2.43. The van der Waals surface area contributed by atoms with Crippen LogP contribution in [0.2, 0.25) is 5.02 Å². The monoisotopic (exact) mass is 210 g/mol. The van der Waals surface area contributed by atoms with Gasteiger partial charge in [0.15, 0.2) is 0 Å². The Bertz CT molecular complexity index is 463. The molecule has 14 heavy (non-hydrogen) atoms. The third-order valence-corrected chi connectivity index (χ3v) is 2.33. The maximum Gasteiger partial charge on any atom is 0.201 e. The third kappa shape index (κ3) is 1.42. The summed E-state index contributed by atoms with van der Waals surface area (Å²) in [5.74, 6) is 0.479. The Morgan fingerprint density at radius 1 is 1.43 bits per heavy atom. The summed E-state index contributed by atoms with van der Waals surface area (Å²) in [4.78, 5) is 4.19. The predicted octanol–water partition coefficient (Wildman–Crippen LogP) is 1.23. The van der Waals surface area contributed by atoms with Crippen LogP contribution in [-0.2, 0) is 6.54 Å². The molecule has 0 spiro atoms. The average molecular weight is 211 g/mol. The van der Waals surface area contributed by atoms with Gasteiger partial charge < -0.3 is 16.0 Å². The number of rotatable bonds is 2. The van der Waals surface area contributed by atoms with E-state index >= 15 is 0 Å². The van der Waals surface area contributed by atoms with Crippen LogP contribution in [-0.4, -0.2) is 16.1 Å². The Morgan fingerprint density at radius 3 is 2.93 bits per heavy atom. The van der Waals surface area contributed by atoms with Crippen molar-refractivity contribution >= 4 is 28.6 Å². The summed E-state index contributed by atoms with van der Waals surface area (Å²) >= 11 is 5.84. The van der Waals surface area contributed by atoms with Gasteiger partial charge in [0.25, 0.3) is 0 Å². The first-order valence-electron chi connectivity index (χ1n) is 4.33. The minimum Gasteiger partial charge on any atom is -0.369 e. The standard InChI is InChI=1S/C9H11ClN4/c10-6-1-2-8-7(5-6)13-9(12)14(8)4-3-11/h1-2,5H,3-4,11H2,(H2,12,13). The molecule has 0 aliphatic carbocycles. The molecule has 2 aromatic rings. The van der Waals surface area contributed by atoms with Gasteiger partial charge in [0, 0.05) is 18.1 Å². The number of nitrogens with zero attached hydrogens (tertiary/aromatic N) is 2. The molecule has 1 heterocycles. The van der Waals surface area contributed by atoms with Crippen molar-refractivity contribution in [2.24, 2.45) is 5.73 Å². The highest BCUT2D eigenvalue weighted by atomic mass is 35.5. The summed E-state index contributed by atoms with van der Waals surface area (Å²) in [6.07, 6.45) is 0. The van der Waals surface area contributed by atoms with Crippen molar-refractivity contribution in [1.82, 2.24) is 9.55 Å². The van der Waals surface area contributed by atoms with E-state index in [1.807, 2.05) is 16.7 Å². The van der Waals surface area contributed by atoms with Crippen LogP contribution in [0, 0.1) is 0 Å². The van der Waals surface area contributed by atoms with Crippen LogP contribution in [0.25, 0.3) is 11.0 Å². The van der Waals surface area contributed by atoms with Crippen molar-refractivity contribution in [1.29, 1.82) is 0 Å². The molecule has 0 aliphatic heterocycles. The van der Waals surface area contributed by atoms with Crippen LogP contribution in [0.4, 0.5) is 5.95 Å². The highest BCUT2D eigenvalue weighted by molar-refractivity contribution is 6.31. The van der Waals surface area contributed by atoms with Gasteiger partial charge in [-0.05, 0) is 18.2 Å². The van der Waals surface area contributed by atoms with Crippen molar-refractivity contribution in [2.45, 2.75) is 6.54 Å². The Morgan fingerprint density at radius 2 is 2.21 bits per heavy atom. The van der Waals surface area contributed by atoms with E-state index < -0.39 is 0 Å². The topological polar surface area (TPSA) is 69.9 Å². The lowest BCUT2D eigenvalue weighted by Crippen LogP contribution is -2.11. The van der Waals surface area contributed by atoms with Gasteiger partial charge in [-0.3, -0.25) is 0 Å². The molecule has 4 nitrogen and oxygen atoms in total. The SMILES string of the molecule is NCCn1c(N)nc2cc(Cl)ccc21. The minimum absolute atomic E-state index is 0.479. The van der Waals surface area contributed by atoms with E-state index in [-0.39, 0.29) is 0 Å². The molecule has 5 heteroatoms. The molecule has 2 rings (SSSR count). The van der Waals surface area contributed by atoms with Crippen molar-refractivity contribution in [3.8, 4) is 0 Å². The highest BCUT2D eigenvalue weighted by Gasteiger charge is 2.06. The van der Waals surface area contributed by atoms with Crippen LogP contribution >= 0.6 is 11.6 Å². The van der Waals surface area contributed by atoms with Crippen molar-refractivity contribution in [3.05, 3.63) is 23.2 Å². The molecule has 1 aromatic carbocycles. The number of aromatic nitrogens is 2. The van der Waals surface area contributed by atoms with Gasteiger partial charge in [-0.1, -0.05) is 11.6 Å².